The van der Waals surface area contributed by atoms with Crippen LogP contribution in [0.15, 0.2) is 28.1 Å². The zero-order valence-electron chi connectivity index (χ0n) is 16.0. The number of nitrogens with one attached hydrogen (secondary N) is 2. The predicted octanol–water partition coefficient (Wildman–Crippen LogP) is 3.40. The molecule has 5 nitrogen and oxygen atoms in total. The number of aliphatic imine (C=N–C) groups is 1. The summed E-state index contributed by atoms with van der Waals surface area (Å²) in [6, 6.07) is 6.51. The number of thioether (sulfide) groups is 1. The Bertz CT molecular complexity index is 609. The van der Waals surface area contributed by atoms with Gasteiger partial charge in [-0.15, -0.1) is 35.7 Å². The van der Waals surface area contributed by atoms with Gasteiger partial charge >= 0.3 is 0 Å². The Morgan fingerprint density at radius 2 is 2.15 bits per heavy atom. The number of guanidine groups is 1. The third-order valence-electron chi connectivity index (χ3n) is 4.26. The first-order chi connectivity index (χ1) is 12.1. The van der Waals surface area contributed by atoms with Crippen molar-refractivity contribution in [2.45, 2.75) is 44.6 Å². The Kier molecular flexibility index (Phi) is 11.0. The van der Waals surface area contributed by atoms with E-state index in [0.717, 1.165) is 45.0 Å². The highest BCUT2D eigenvalue weighted by molar-refractivity contribution is 14.0. The maximum Gasteiger partial charge on any atom is 0.222 e. The van der Waals surface area contributed by atoms with Crippen LogP contribution in [0.3, 0.4) is 0 Å². The van der Waals surface area contributed by atoms with Crippen molar-refractivity contribution in [1.29, 1.82) is 0 Å². The Balaban J connectivity index is 0.00000338. The summed E-state index contributed by atoms with van der Waals surface area (Å²) in [7, 11) is 0. The van der Waals surface area contributed by atoms with E-state index >= 15 is 0 Å². The van der Waals surface area contributed by atoms with Crippen LogP contribution in [-0.4, -0.2) is 49.2 Å². The summed E-state index contributed by atoms with van der Waals surface area (Å²) in [4.78, 5) is 19.6. The van der Waals surface area contributed by atoms with E-state index in [1.165, 1.54) is 16.0 Å². The van der Waals surface area contributed by atoms with Crippen LogP contribution in [-0.2, 0) is 11.3 Å². The van der Waals surface area contributed by atoms with Crippen LogP contribution in [0.1, 0.15) is 37.3 Å². The molecule has 0 bridgehead atoms. The van der Waals surface area contributed by atoms with E-state index in [1.54, 1.807) is 11.8 Å². The second-order valence-corrected chi connectivity index (χ2v) is 7.12. The van der Waals surface area contributed by atoms with Gasteiger partial charge in [0.05, 0.1) is 6.54 Å². The summed E-state index contributed by atoms with van der Waals surface area (Å²) in [5.74, 6) is 1.13. The van der Waals surface area contributed by atoms with Gasteiger partial charge in [0.2, 0.25) is 5.91 Å². The lowest BCUT2D eigenvalue weighted by Crippen LogP contribution is -2.39. The van der Waals surface area contributed by atoms with Gasteiger partial charge in [-0.05, 0) is 50.1 Å². The quantitative estimate of drug-likeness (QED) is 0.193. The van der Waals surface area contributed by atoms with Gasteiger partial charge < -0.3 is 15.5 Å². The number of amides is 1. The van der Waals surface area contributed by atoms with E-state index in [0.29, 0.717) is 18.9 Å². The van der Waals surface area contributed by atoms with E-state index in [2.05, 4.69) is 48.9 Å². The van der Waals surface area contributed by atoms with Gasteiger partial charge in [0, 0.05) is 37.5 Å². The molecule has 1 saturated heterocycles. The van der Waals surface area contributed by atoms with Gasteiger partial charge in [0.15, 0.2) is 5.96 Å². The lowest BCUT2D eigenvalue weighted by atomic mass is 10.1. The predicted molar refractivity (Wildman–Crippen MR) is 122 cm³/mol. The van der Waals surface area contributed by atoms with Gasteiger partial charge in [-0.25, -0.2) is 4.99 Å². The molecule has 1 heterocycles. The first-order valence-electron chi connectivity index (χ1n) is 9.07. The Morgan fingerprint density at radius 3 is 2.81 bits per heavy atom. The van der Waals surface area contributed by atoms with Crippen LogP contribution >= 0.6 is 35.7 Å². The number of halogens is 1. The molecule has 0 unspecified atom stereocenters. The lowest BCUT2D eigenvalue weighted by molar-refractivity contribution is -0.127. The summed E-state index contributed by atoms with van der Waals surface area (Å²) in [5, 5.41) is 6.66. The van der Waals surface area contributed by atoms with Gasteiger partial charge in [-0.3, -0.25) is 4.79 Å². The summed E-state index contributed by atoms with van der Waals surface area (Å²) >= 11 is 1.76. The van der Waals surface area contributed by atoms with Crippen molar-refractivity contribution in [2.75, 3.05) is 32.4 Å². The molecular formula is C19H31IN4OS. The van der Waals surface area contributed by atoms with Gasteiger partial charge in [-0.2, -0.15) is 0 Å². The van der Waals surface area contributed by atoms with E-state index in [9.17, 15) is 4.79 Å². The van der Waals surface area contributed by atoms with Crippen molar-refractivity contribution in [3.63, 3.8) is 0 Å². The van der Waals surface area contributed by atoms with E-state index in [-0.39, 0.29) is 24.0 Å². The Hall–Kier alpha value is -0.960. The summed E-state index contributed by atoms with van der Waals surface area (Å²) in [5.41, 5.74) is 2.52. The molecular weight excluding hydrogens is 459 g/mol. The molecule has 7 heteroatoms. The average Bonchev–Trinajstić information content (AvgIpc) is 3.02. The maximum absolute atomic E-state index is 11.6. The molecule has 0 aliphatic carbocycles. The number of benzene rings is 1. The molecule has 2 N–H and O–H groups in total. The lowest BCUT2D eigenvalue weighted by Gasteiger charge is -2.16. The minimum Gasteiger partial charge on any atom is -0.357 e. The van der Waals surface area contributed by atoms with Crippen molar-refractivity contribution in [3.05, 3.63) is 29.3 Å². The molecule has 146 valence electrons. The van der Waals surface area contributed by atoms with Crippen LogP contribution in [0.25, 0.3) is 0 Å². The fourth-order valence-electron chi connectivity index (χ4n) is 2.91. The fourth-order valence-corrected chi connectivity index (χ4v) is 3.60. The SMILES string of the molecule is CCNC(=NCc1ccc(C)cc1SC)NCCCN1CCCC1=O.I. The first-order valence-corrected chi connectivity index (χ1v) is 10.3. The molecule has 1 aromatic carbocycles. The molecule has 1 aliphatic heterocycles. The smallest absolute Gasteiger partial charge is 0.222 e. The summed E-state index contributed by atoms with van der Waals surface area (Å²) in [6.07, 6.45) is 4.76. The normalized spacial score (nSPS) is 14.3. The standard InChI is InChI=1S/C19H30N4OS.HI/c1-4-20-19(21-10-6-12-23-11-5-7-18(23)24)22-14-16-9-8-15(2)13-17(16)25-3;/h8-9,13H,4-7,10-12,14H2,1-3H3,(H2,20,21,22);1H. The molecule has 1 aliphatic rings. The fraction of sp³-hybridized carbons (Fsp3) is 0.579. The highest BCUT2D eigenvalue weighted by Gasteiger charge is 2.18. The van der Waals surface area contributed by atoms with E-state index < -0.39 is 0 Å². The number of carbonyl (C=O) groups is 1. The Labute approximate surface area is 178 Å². The molecule has 0 saturated carbocycles. The molecule has 0 aromatic heterocycles. The number of carbonyl (C=O) groups excluding carboxylic acids is 1. The van der Waals surface area contributed by atoms with Crippen molar-refractivity contribution in [3.8, 4) is 0 Å². The van der Waals surface area contributed by atoms with Crippen LogP contribution in [0.2, 0.25) is 0 Å². The summed E-state index contributed by atoms with van der Waals surface area (Å²) < 4.78 is 0. The van der Waals surface area contributed by atoms with Crippen LogP contribution in [0.4, 0.5) is 0 Å². The van der Waals surface area contributed by atoms with Crippen molar-refractivity contribution in [1.82, 2.24) is 15.5 Å². The largest absolute Gasteiger partial charge is 0.357 e. The molecule has 26 heavy (non-hydrogen) atoms. The number of nitrogens with zero attached hydrogens (tertiary/aromatic N) is 2. The summed E-state index contributed by atoms with van der Waals surface area (Å²) in [6.45, 7) is 8.25. The second-order valence-electron chi connectivity index (χ2n) is 6.28. The van der Waals surface area contributed by atoms with Gasteiger partial charge in [-0.1, -0.05) is 12.1 Å². The number of likely N-dealkylation sites (tertiary alicyclic amines) is 1. The number of aryl methyl sites for hydroxylation is 1. The topological polar surface area (TPSA) is 56.7 Å². The molecule has 1 amide bonds. The average molecular weight is 490 g/mol. The van der Waals surface area contributed by atoms with E-state index in [1.807, 2.05) is 4.90 Å². The third-order valence-corrected chi connectivity index (χ3v) is 5.08. The third kappa shape index (κ3) is 7.34. The molecule has 0 atom stereocenters. The minimum absolute atomic E-state index is 0. The van der Waals surface area contributed by atoms with Crippen LogP contribution in [0, 0.1) is 6.92 Å². The monoisotopic (exact) mass is 490 g/mol. The zero-order valence-corrected chi connectivity index (χ0v) is 19.2. The van der Waals surface area contributed by atoms with Crippen molar-refractivity contribution < 1.29 is 4.79 Å². The van der Waals surface area contributed by atoms with Crippen molar-refractivity contribution in [2.24, 2.45) is 4.99 Å². The second kappa shape index (κ2) is 12.4. The van der Waals surface area contributed by atoms with E-state index in [4.69, 9.17) is 4.99 Å². The zero-order chi connectivity index (χ0) is 18.1. The molecule has 0 radical (unpaired) electrons. The van der Waals surface area contributed by atoms with Crippen LogP contribution < -0.4 is 10.6 Å². The molecule has 1 fully saturated rings. The van der Waals surface area contributed by atoms with Gasteiger partial charge in [0.25, 0.3) is 0 Å². The maximum atomic E-state index is 11.6. The Morgan fingerprint density at radius 1 is 1.35 bits per heavy atom. The highest BCUT2D eigenvalue weighted by Crippen LogP contribution is 2.22. The number of hydrogen-bond donors (Lipinski definition) is 2. The van der Waals surface area contributed by atoms with Gasteiger partial charge in [0.1, 0.15) is 0 Å². The van der Waals surface area contributed by atoms with Crippen molar-refractivity contribution >= 4 is 47.6 Å². The minimum atomic E-state index is 0. The number of hydrogen-bond acceptors (Lipinski definition) is 3. The highest BCUT2D eigenvalue weighted by atomic mass is 127. The first kappa shape index (κ1) is 23.1. The molecule has 0 spiro atoms. The number of rotatable bonds is 8. The molecule has 2 rings (SSSR count). The van der Waals surface area contributed by atoms with Crippen LogP contribution in [0.5, 0.6) is 0 Å². The molecule has 1 aromatic rings.